The number of rotatable bonds is 2. The number of aliphatic hydroxyl groups is 1. The molecule has 0 aromatic heterocycles. The van der Waals surface area contributed by atoms with Gasteiger partial charge in [-0.15, -0.1) is 0 Å². The molecule has 0 saturated carbocycles. The zero-order valence-corrected chi connectivity index (χ0v) is 10.7. The number of aliphatic hydroxyl groups excluding tert-OH is 1. The maximum Gasteiger partial charge on any atom is 0.203 e. The van der Waals surface area contributed by atoms with Gasteiger partial charge in [0, 0.05) is 5.56 Å². The van der Waals surface area contributed by atoms with Gasteiger partial charge in [0.2, 0.25) is 5.75 Å². The number of ether oxygens (including phenoxy) is 3. The van der Waals surface area contributed by atoms with Gasteiger partial charge in [0.15, 0.2) is 11.5 Å². The molecule has 1 N–H and O–H groups in total. The highest BCUT2D eigenvalue weighted by Crippen LogP contribution is 2.46. The molecule has 0 bridgehead atoms. The smallest absolute Gasteiger partial charge is 0.203 e. The molecule has 2 unspecified atom stereocenters. The van der Waals surface area contributed by atoms with Crippen molar-refractivity contribution < 1.29 is 19.3 Å². The number of alkyl halides is 1. The Labute approximate surface area is 102 Å². The van der Waals surface area contributed by atoms with E-state index < -0.39 is 6.10 Å². The molecule has 0 amide bonds. The summed E-state index contributed by atoms with van der Waals surface area (Å²) < 4.78 is 16.0. The topological polar surface area (TPSA) is 47.9 Å². The second-order valence-corrected chi connectivity index (χ2v) is 4.67. The molecule has 1 aromatic carbocycles. The second kappa shape index (κ2) is 4.51. The molecule has 2 rings (SSSR count). The number of benzene rings is 1. The molecule has 4 nitrogen and oxygen atoms in total. The molecule has 2 atom stereocenters. The average molecular weight is 289 g/mol. The van der Waals surface area contributed by atoms with Crippen LogP contribution in [0.15, 0.2) is 12.1 Å². The Morgan fingerprint density at radius 3 is 2.75 bits per heavy atom. The zero-order chi connectivity index (χ0) is 11.7. The second-order valence-electron chi connectivity index (χ2n) is 3.49. The number of halogens is 1. The summed E-state index contributed by atoms with van der Waals surface area (Å²) in [5.41, 5.74) is 0.714. The van der Waals surface area contributed by atoms with Gasteiger partial charge in [0.05, 0.1) is 25.2 Å². The van der Waals surface area contributed by atoms with Crippen LogP contribution in [0.3, 0.4) is 0 Å². The molecular weight excluding hydrogens is 276 g/mol. The van der Waals surface area contributed by atoms with Gasteiger partial charge in [0.25, 0.3) is 0 Å². The van der Waals surface area contributed by atoms with E-state index in [1.165, 1.54) is 0 Å². The lowest BCUT2D eigenvalue weighted by Crippen LogP contribution is -2.26. The fourth-order valence-corrected chi connectivity index (χ4v) is 2.16. The molecule has 0 saturated heterocycles. The predicted molar refractivity (Wildman–Crippen MR) is 62.7 cm³/mol. The maximum absolute atomic E-state index is 9.99. The lowest BCUT2D eigenvalue weighted by Gasteiger charge is -2.28. The fraction of sp³-hybridized carbons (Fsp3) is 0.455. The van der Waals surface area contributed by atoms with Crippen LogP contribution in [-0.2, 0) is 0 Å². The Morgan fingerprint density at radius 1 is 1.38 bits per heavy atom. The third kappa shape index (κ3) is 1.74. The highest BCUT2D eigenvalue weighted by atomic mass is 79.9. The molecule has 0 spiro atoms. The zero-order valence-electron chi connectivity index (χ0n) is 9.07. The van der Waals surface area contributed by atoms with Crippen LogP contribution in [0.1, 0.15) is 11.7 Å². The van der Waals surface area contributed by atoms with Crippen LogP contribution in [-0.4, -0.2) is 30.8 Å². The van der Waals surface area contributed by atoms with Crippen LogP contribution >= 0.6 is 15.9 Å². The first-order valence-corrected chi connectivity index (χ1v) is 5.80. The molecular formula is C11H13BrO4. The lowest BCUT2D eigenvalue weighted by molar-refractivity contribution is 0.122. The van der Waals surface area contributed by atoms with Crippen molar-refractivity contribution in [2.45, 2.75) is 10.9 Å². The molecule has 16 heavy (non-hydrogen) atoms. The van der Waals surface area contributed by atoms with Crippen molar-refractivity contribution in [3.8, 4) is 17.2 Å². The summed E-state index contributed by atoms with van der Waals surface area (Å²) in [6, 6.07) is 3.55. The SMILES string of the molecule is COc1ccc2c(c1OC)OCC(Br)C2O. The third-order valence-electron chi connectivity index (χ3n) is 2.58. The minimum atomic E-state index is -0.594. The molecule has 1 heterocycles. The highest BCUT2D eigenvalue weighted by Gasteiger charge is 2.31. The summed E-state index contributed by atoms with van der Waals surface area (Å²) in [6.07, 6.45) is -0.594. The Hall–Kier alpha value is -0.940. The Kier molecular flexibility index (Phi) is 3.25. The molecule has 1 aromatic rings. The van der Waals surface area contributed by atoms with Gasteiger partial charge in [-0.05, 0) is 12.1 Å². The van der Waals surface area contributed by atoms with E-state index in [4.69, 9.17) is 14.2 Å². The summed E-state index contributed by atoms with van der Waals surface area (Å²) in [5.74, 6) is 1.69. The average Bonchev–Trinajstić information content (AvgIpc) is 2.32. The van der Waals surface area contributed by atoms with E-state index in [9.17, 15) is 5.11 Å². The standard InChI is InChI=1S/C11H13BrO4/c1-14-8-4-3-6-9(13)7(12)5-16-10(6)11(8)15-2/h3-4,7,9,13H,5H2,1-2H3. The number of hydrogen-bond acceptors (Lipinski definition) is 4. The van der Waals surface area contributed by atoms with Crippen molar-refractivity contribution in [2.75, 3.05) is 20.8 Å². The minimum Gasteiger partial charge on any atom is -0.493 e. The Balaban J connectivity index is 2.52. The predicted octanol–water partition coefficient (Wildman–Crippen LogP) is 1.89. The van der Waals surface area contributed by atoms with Crippen molar-refractivity contribution >= 4 is 15.9 Å². The van der Waals surface area contributed by atoms with Gasteiger partial charge in [-0.1, -0.05) is 15.9 Å². The van der Waals surface area contributed by atoms with Gasteiger partial charge in [-0.25, -0.2) is 0 Å². The Bertz CT molecular complexity index is 394. The lowest BCUT2D eigenvalue weighted by atomic mass is 10.0. The summed E-state index contributed by atoms with van der Waals surface area (Å²) in [7, 11) is 3.12. The van der Waals surface area contributed by atoms with Crippen LogP contribution in [0.2, 0.25) is 0 Å². The van der Waals surface area contributed by atoms with E-state index in [1.54, 1.807) is 26.4 Å². The molecule has 1 aliphatic rings. The van der Waals surface area contributed by atoms with Gasteiger partial charge in [-0.2, -0.15) is 0 Å². The van der Waals surface area contributed by atoms with Gasteiger partial charge in [-0.3, -0.25) is 0 Å². The molecule has 0 fully saturated rings. The number of methoxy groups -OCH3 is 2. The molecule has 0 aliphatic carbocycles. The number of fused-ring (bicyclic) bond motifs is 1. The van der Waals surface area contributed by atoms with Crippen LogP contribution in [0, 0.1) is 0 Å². The monoisotopic (exact) mass is 288 g/mol. The fourth-order valence-electron chi connectivity index (χ4n) is 1.74. The van der Waals surface area contributed by atoms with Crippen LogP contribution in [0.4, 0.5) is 0 Å². The first-order valence-electron chi connectivity index (χ1n) is 4.88. The van der Waals surface area contributed by atoms with E-state index in [0.29, 0.717) is 29.4 Å². The molecule has 88 valence electrons. The quantitative estimate of drug-likeness (QED) is 0.845. The highest BCUT2D eigenvalue weighted by molar-refractivity contribution is 9.09. The Morgan fingerprint density at radius 2 is 2.12 bits per heavy atom. The van der Waals surface area contributed by atoms with Crippen LogP contribution < -0.4 is 14.2 Å². The largest absolute Gasteiger partial charge is 0.493 e. The normalized spacial score (nSPS) is 23.2. The molecule has 0 radical (unpaired) electrons. The third-order valence-corrected chi connectivity index (χ3v) is 3.34. The maximum atomic E-state index is 9.99. The van der Waals surface area contributed by atoms with Gasteiger partial charge in [0.1, 0.15) is 6.61 Å². The van der Waals surface area contributed by atoms with E-state index in [-0.39, 0.29) is 4.83 Å². The summed E-state index contributed by atoms with van der Waals surface area (Å²) in [4.78, 5) is -0.0990. The summed E-state index contributed by atoms with van der Waals surface area (Å²) >= 11 is 3.36. The minimum absolute atomic E-state index is 0.0990. The molecule has 1 aliphatic heterocycles. The van der Waals surface area contributed by atoms with Gasteiger partial charge >= 0.3 is 0 Å². The van der Waals surface area contributed by atoms with Crippen molar-refractivity contribution in [2.24, 2.45) is 0 Å². The molecule has 5 heteroatoms. The van der Waals surface area contributed by atoms with Crippen molar-refractivity contribution in [1.29, 1.82) is 0 Å². The van der Waals surface area contributed by atoms with Crippen molar-refractivity contribution in [3.63, 3.8) is 0 Å². The summed E-state index contributed by atoms with van der Waals surface area (Å²) in [6.45, 7) is 0.400. The summed E-state index contributed by atoms with van der Waals surface area (Å²) in [5, 5.41) is 9.99. The van der Waals surface area contributed by atoms with Crippen LogP contribution in [0.5, 0.6) is 17.2 Å². The van der Waals surface area contributed by atoms with E-state index >= 15 is 0 Å². The van der Waals surface area contributed by atoms with E-state index in [2.05, 4.69) is 15.9 Å². The first-order chi connectivity index (χ1) is 7.69. The van der Waals surface area contributed by atoms with Crippen molar-refractivity contribution in [3.05, 3.63) is 17.7 Å². The van der Waals surface area contributed by atoms with Gasteiger partial charge < -0.3 is 19.3 Å². The number of hydrogen-bond donors (Lipinski definition) is 1. The van der Waals surface area contributed by atoms with Crippen LogP contribution in [0.25, 0.3) is 0 Å². The van der Waals surface area contributed by atoms with E-state index in [0.717, 1.165) is 0 Å². The first kappa shape index (κ1) is 11.5. The van der Waals surface area contributed by atoms with E-state index in [1.807, 2.05) is 0 Å². The van der Waals surface area contributed by atoms with Crippen molar-refractivity contribution in [1.82, 2.24) is 0 Å².